The van der Waals surface area contributed by atoms with E-state index in [9.17, 15) is 19.4 Å². The van der Waals surface area contributed by atoms with Crippen LogP contribution in [0.2, 0.25) is 0 Å². The average molecular weight is 1330 g/mol. The average Bonchev–Trinajstić information content (AvgIpc) is 1.94. The van der Waals surface area contributed by atoms with Crippen molar-refractivity contribution in [3.8, 4) is 0 Å². The Labute approximate surface area is 581 Å². The normalized spacial score (nSPS) is 13.7. The number of carbonyl (C=O) groups is 1. The molecule has 0 aromatic heterocycles. The minimum absolute atomic E-state index is 0.00446. The van der Waals surface area contributed by atoms with Gasteiger partial charge in [0.25, 0.3) is 7.82 Å². The number of amides is 1. The summed E-state index contributed by atoms with van der Waals surface area (Å²) in [4.78, 5) is 25.7. The van der Waals surface area contributed by atoms with Crippen LogP contribution in [0.15, 0.2) is 48.6 Å². The number of phosphoric ester groups is 1. The summed E-state index contributed by atoms with van der Waals surface area (Å²) in [5.74, 6) is -0.198. The Bertz CT molecular complexity index is 1660. The lowest BCUT2D eigenvalue weighted by atomic mass is 10.0. The standard InChI is InChI=1S/C84H163N2O6P/c1-6-8-10-12-14-16-18-20-22-24-26-28-30-32-34-36-38-40-41-42-43-44-45-46-48-50-52-54-56-58-60-62-64-66-68-70-72-74-76-78-84(88)85-82(81-92-93(89,90)91-80-79-86(3,4)5)83(87)77-75-73-71-69-67-65-63-61-59-57-55-53-51-49-47-39-37-35-33-31-29-27-25-23-21-19-17-15-13-11-9-7-2/h18,20,24,26,67,69,75,77,82-83,87H,6-17,19,21-23,25,27-66,68,70-74,76,78-81H2,1-5H3,(H-,85,88,89,90)/b20-18-,26-24-,69-67+,77-75+. The molecule has 0 aromatic carbocycles. The third kappa shape index (κ3) is 77.7. The fourth-order valence-corrected chi connectivity index (χ4v) is 13.6. The maximum Gasteiger partial charge on any atom is 0.268 e. The molecule has 3 atom stereocenters. The van der Waals surface area contributed by atoms with E-state index in [0.29, 0.717) is 17.4 Å². The molecule has 550 valence electrons. The van der Waals surface area contributed by atoms with Crippen molar-refractivity contribution in [1.82, 2.24) is 5.32 Å². The number of allylic oxidation sites excluding steroid dienone is 7. The number of likely N-dealkylation sites (N-methyl/N-ethyl adjacent to an activating group) is 1. The molecule has 0 aliphatic carbocycles. The molecular formula is C84H163N2O6P. The number of quaternary nitrogens is 1. The minimum atomic E-state index is -4.62. The highest BCUT2D eigenvalue weighted by Crippen LogP contribution is 2.38. The van der Waals surface area contributed by atoms with Gasteiger partial charge < -0.3 is 28.8 Å². The number of aliphatic hydroxyl groups excluding tert-OH is 1. The summed E-state index contributed by atoms with van der Waals surface area (Å²) >= 11 is 0. The van der Waals surface area contributed by atoms with E-state index in [-0.39, 0.29) is 19.1 Å². The second-order valence-electron chi connectivity index (χ2n) is 29.8. The zero-order chi connectivity index (χ0) is 67.6. The minimum Gasteiger partial charge on any atom is -0.756 e. The van der Waals surface area contributed by atoms with Crippen LogP contribution in [0.5, 0.6) is 0 Å². The van der Waals surface area contributed by atoms with Gasteiger partial charge in [-0.3, -0.25) is 9.36 Å². The van der Waals surface area contributed by atoms with E-state index in [1.807, 2.05) is 27.2 Å². The van der Waals surface area contributed by atoms with Crippen LogP contribution in [-0.2, 0) is 18.4 Å². The molecule has 0 spiro atoms. The van der Waals surface area contributed by atoms with Gasteiger partial charge in [0.1, 0.15) is 13.2 Å². The lowest BCUT2D eigenvalue weighted by Gasteiger charge is -2.29. The van der Waals surface area contributed by atoms with Crippen molar-refractivity contribution in [2.45, 2.75) is 443 Å². The summed E-state index contributed by atoms with van der Waals surface area (Å²) in [6.45, 7) is 4.69. The third-order valence-electron chi connectivity index (χ3n) is 19.3. The van der Waals surface area contributed by atoms with Gasteiger partial charge in [-0.25, -0.2) is 0 Å². The van der Waals surface area contributed by atoms with E-state index in [1.54, 1.807) is 6.08 Å². The molecule has 1 amide bonds. The first kappa shape index (κ1) is 91.5. The zero-order valence-corrected chi connectivity index (χ0v) is 64.1. The lowest BCUT2D eigenvalue weighted by molar-refractivity contribution is -0.870. The van der Waals surface area contributed by atoms with E-state index in [4.69, 9.17) is 9.05 Å². The molecule has 93 heavy (non-hydrogen) atoms. The topological polar surface area (TPSA) is 108 Å². The zero-order valence-electron chi connectivity index (χ0n) is 63.2. The summed E-state index contributed by atoms with van der Waals surface area (Å²) in [6.07, 6.45) is 103. The maximum atomic E-state index is 13.1. The Morgan fingerprint density at radius 1 is 0.376 bits per heavy atom. The van der Waals surface area contributed by atoms with Crippen LogP contribution in [0.3, 0.4) is 0 Å². The smallest absolute Gasteiger partial charge is 0.268 e. The molecule has 9 heteroatoms. The van der Waals surface area contributed by atoms with E-state index in [1.165, 1.54) is 366 Å². The molecule has 0 saturated heterocycles. The Kier molecular flexibility index (Phi) is 73.4. The van der Waals surface area contributed by atoms with Crippen molar-refractivity contribution in [3.63, 3.8) is 0 Å². The Morgan fingerprint density at radius 2 is 0.634 bits per heavy atom. The number of nitrogens with zero attached hydrogens (tertiary/aromatic N) is 1. The van der Waals surface area contributed by atoms with Gasteiger partial charge in [-0.2, -0.15) is 0 Å². The van der Waals surface area contributed by atoms with Crippen LogP contribution in [0, 0.1) is 0 Å². The first-order valence-corrected chi connectivity index (χ1v) is 43.0. The first-order chi connectivity index (χ1) is 45.5. The first-order valence-electron chi connectivity index (χ1n) is 41.5. The van der Waals surface area contributed by atoms with Gasteiger partial charge in [0.05, 0.1) is 39.9 Å². The van der Waals surface area contributed by atoms with E-state index in [0.717, 1.165) is 44.9 Å². The van der Waals surface area contributed by atoms with Gasteiger partial charge in [-0.1, -0.05) is 409 Å². The second kappa shape index (κ2) is 74.7. The highest BCUT2D eigenvalue weighted by atomic mass is 31.2. The number of aliphatic hydroxyl groups is 1. The highest BCUT2D eigenvalue weighted by Gasteiger charge is 2.23. The second-order valence-corrected chi connectivity index (χ2v) is 31.2. The van der Waals surface area contributed by atoms with E-state index >= 15 is 0 Å². The van der Waals surface area contributed by atoms with Crippen LogP contribution in [0.25, 0.3) is 0 Å². The van der Waals surface area contributed by atoms with Crippen molar-refractivity contribution in [2.24, 2.45) is 0 Å². The van der Waals surface area contributed by atoms with Gasteiger partial charge in [-0.15, -0.1) is 0 Å². The van der Waals surface area contributed by atoms with E-state index in [2.05, 4.69) is 55.6 Å². The maximum absolute atomic E-state index is 13.1. The number of phosphoric acid groups is 1. The Morgan fingerprint density at radius 3 is 0.935 bits per heavy atom. The Hall–Kier alpha value is -1.54. The number of nitrogens with one attached hydrogen (secondary N) is 1. The van der Waals surface area contributed by atoms with Gasteiger partial charge in [0, 0.05) is 6.42 Å². The number of unbranched alkanes of at least 4 members (excludes halogenated alkanes) is 59. The van der Waals surface area contributed by atoms with Crippen molar-refractivity contribution in [2.75, 3.05) is 40.9 Å². The summed E-state index contributed by atoms with van der Waals surface area (Å²) in [7, 11) is 1.26. The molecule has 0 aliphatic rings. The SMILES string of the molecule is CCCCCCC/C=C\C/C=C\CCCCCCCCCCCCCCCCCCCCCCCCCCCCCC(=O)NC(COP(=O)([O-])OCC[N+](C)(C)C)C(O)/C=C/CC/C=C/CCCCCCCCCCCCCCCCCCCCCCCCCCCC. The monoisotopic (exact) mass is 1330 g/mol. The summed E-state index contributed by atoms with van der Waals surface area (Å²) < 4.78 is 23.5. The molecule has 0 fully saturated rings. The van der Waals surface area contributed by atoms with Crippen LogP contribution in [0.1, 0.15) is 431 Å². The van der Waals surface area contributed by atoms with Gasteiger partial charge in [0.15, 0.2) is 0 Å². The number of carbonyl (C=O) groups excluding carboxylic acids is 1. The van der Waals surface area contributed by atoms with Crippen LogP contribution >= 0.6 is 7.82 Å². The summed E-state index contributed by atoms with van der Waals surface area (Å²) in [5.41, 5.74) is 0. The lowest BCUT2D eigenvalue weighted by Crippen LogP contribution is -2.45. The number of rotatable bonds is 78. The van der Waals surface area contributed by atoms with Crippen molar-refractivity contribution in [3.05, 3.63) is 48.6 Å². The molecule has 2 N–H and O–H groups in total. The van der Waals surface area contributed by atoms with Crippen LogP contribution < -0.4 is 10.2 Å². The van der Waals surface area contributed by atoms with Crippen molar-refractivity contribution in [1.29, 1.82) is 0 Å². The van der Waals surface area contributed by atoms with Crippen molar-refractivity contribution < 1.29 is 32.9 Å². The molecule has 0 rings (SSSR count). The molecule has 0 saturated carbocycles. The van der Waals surface area contributed by atoms with Gasteiger partial charge in [-0.05, 0) is 64.2 Å². The quantitative estimate of drug-likeness (QED) is 0.0272. The predicted octanol–water partition coefficient (Wildman–Crippen LogP) is 26.7. The Balaban J connectivity index is 3.94. The molecule has 0 bridgehead atoms. The molecule has 8 nitrogen and oxygen atoms in total. The number of hydrogen-bond donors (Lipinski definition) is 2. The molecule has 0 radical (unpaired) electrons. The van der Waals surface area contributed by atoms with Crippen LogP contribution in [-0.4, -0.2) is 68.5 Å². The highest BCUT2D eigenvalue weighted by molar-refractivity contribution is 7.45. The molecule has 0 heterocycles. The molecular weight excluding hydrogens is 1160 g/mol. The third-order valence-corrected chi connectivity index (χ3v) is 20.2. The number of hydrogen-bond acceptors (Lipinski definition) is 6. The summed E-state index contributed by atoms with van der Waals surface area (Å²) in [6, 6.07) is -0.905. The fourth-order valence-electron chi connectivity index (χ4n) is 12.9. The van der Waals surface area contributed by atoms with Crippen LogP contribution in [0.4, 0.5) is 0 Å². The molecule has 0 aromatic rings. The van der Waals surface area contributed by atoms with E-state index < -0.39 is 20.0 Å². The molecule has 0 aliphatic heterocycles. The van der Waals surface area contributed by atoms with Gasteiger partial charge >= 0.3 is 0 Å². The predicted molar refractivity (Wildman–Crippen MR) is 408 cm³/mol. The fraction of sp³-hybridized carbons (Fsp3) is 0.893. The summed E-state index contributed by atoms with van der Waals surface area (Å²) in [5, 5.41) is 14.0. The largest absolute Gasteiger partial charge is 0.756 e. The molecule has 3 unspecified atom stereocenters. The van der Waals surface area contributed by atoms with Gasteiger partial charge in [0.2, 0.25) is 5.91 Å². The van der Waals surface area contributed by atoms with Crippen molar-refractivity contribution >= 4 is 13.7 Å².